The van der Waals surface area contributed by atoms with Crippen molar-refractivity contribution in [3.63, 3.8) is 0 Å². The van der Waals surface area contributed by atoms with Crippen molar-refractivity contribution in [2.75, 3.05) is 4.72 Å². The van der Waals surface area contributed by atoms with E-state index in [2.05, 4.69) is 14.8 Å². The van der Waals surface area contributed by atoms with Crippen LogP contribution in [-0.4, -0.2) is 28.3 Å². The number of aromatic hydroxyl groups is 1. The summed E-state index contributed by atoms with van der Waals surface area (Å²) in [6, 6.07) is 6.97. The molecule has 3 rings (SSSR count). The number of hydrogen-bond donors (Lipinski definition) is 3. The summed E-state index contributed by atoms with van der Waals surface area (Å²) in [4.78, 5) is 15.5. The minimum atomic E-state index is -4.03. The van der Waals surface area contributed by atoms with Crippen LogP contribution in [-0.2, 0) is 10.0 Å². The first-order valence-corrected chi connectivity index (χ1v) is 8.51. The van der Waals surface area contributed by atoms with Gasteiger partial charge in [0.1, 0.15) is 0 Å². The van der Waals surface area contributed by atoms with E-state index in [1.807, 2.05) is 0 Å². The fourth-order valence-corrected chi connectivity index (χ4v) is 3.20. The molecule has 0 spiro atoms. The van der Waals surface area contributed by atoms with Gasteiger partial charge in [-0.1, -0.05) is 0 Å². The molecule has 2 aromatic heterocycles. The second-order valence-corrected chi connectivity index (χ2v) is 6.92. The Hall–Kier alpha value is -3.14. The van der Waals surface area contributed by atoms with Crippen LogP contribution in [0.3, 0.4) is 0 Å². The van der Waals surface area contributed by atoms with Gasteiger partial charge in [-0.3, -0.25) is 14.6 Å². The van der Waals surface area contributed by atoms with Crippen LogP contribution in [0.25, 0.3) is 5.82 Å². The molecular weight excluding hydrogens is 351 g/mol. The molecule has 10 heteroatoms. The maximum Gasteiger partial charge on any atom is 0.272 e. The topological polar surface area (TPSA) is 117 Å². The molecule has 8 nitrogen and oxygen atoms in total. The van der Waals surface area contributed by atoms with Crippen LogP contribution in [0.1, 0.15) is 5.69 Å². The number of pyridine rings is 1. The predicted molar refractivity (Wildman–Crippen MR) is 87.8 cm³/mol. The summed E-state index contributed by atoms with van der Waals surface area (Å²) >= 11 is 0. The molecule has 3 aromatic rings. The van der Waals surface area contributed by atoms with Gasteiger partial charge in [0.25, 0.3) is 15.6 Å². The Morgan fingerprint density at radius 2 is 2.00 bits per heavy atom. The molecule has 0 radical (unpaired) electrons. The number of halogens is 1. The van der Waals surface area contributed by atoms with Crippen molar-refractivity contribution < 1.29 is 17.9 Å². The van der Waals surface area contributed by atoms with Gasteiger partial charge >= 0.3 is 0 Å². The Morgan fingerprint density at radius 3 is 2.56 bits per heavy atom. The Labute approximate surface area is 141 Å². The molecule has 3 N–H and O–H groups in total. The number of aromatic nitrogens is 3. The van der Waals surface area contributed by atoms with E-state index in [0.717, 1.165) is 18.2 Å². The van der Waals surface area contributed by atoms with Crippen molar-refractivity contribution in [3.05, 3.63) is 64.5 Å². The average Bonchev–Trinajstić information content (AvgIpc) is 2.89. The monoisotopic (exact) mass is 364 g/mol. The minimum Gasteiger partial charge on any atom is -0.505 e. The van der Waals surface area contributed by atoms with Crippen LogP contribution < -0.4 is 10.3 Å². The molecule has 0 fully saturated rings. The van der Waals surface area contributed by atoms with Gasteiger partial charge in [0.15, 0.2) is 17.4 Å². The normalized spacial score (nSPS) is 11.4. The number of hydrogen-bond acceptors (Lipinski definition) is 5. The highest BCUT2D eigenvalue weighted by Crippen LogP contribution is 2.22. The van der Waals surface area contributed by atoms with Crippen LogP contribution in [0.4, 0.5) is 10.1 Å². The maximum absolute atomic E-state index is 13.0. The molecule has 0 amide bonds. The lowest BCUT2D eigenvalue weighted by molar-refractivity contribution is 0.430. The number of aryl methyl sites for hydroxylation is 1. The zero-order valence-electron chi connectivity index (χ0n) is 12.9. The number of sulfonamides is 1. The molecule has 0 aliphatic heterocycles. The third-order valence-corrected chi connectivity index (χ3v) is 4.68. The SMILES string of the molecule is Cc1cc(=O)n(-c2ccc(NS(=O)(=O)c3ccc(F)c(O)c3)cn2)[nH]1. The first kappa shape index (κ1) is 16.7. The van der Waals surface area contributed by atoms with E-state index in [1.165, 1.54) is 29.1 Å². The third kappa shape index (κ3) is 3.38. The molecule has 0 aliphatic carbocycles. The molecule has 0 saturated carbocycles. The number of nitrogens with zero attached hydrogens (tertiary/aromatic N) is 2. The van der Waals surface area contributed by atoms with Crippen LogP contribution in [0, 0.1) is 12.7 Å². The Kier molecular flexibility index (Phi) is 4.05. The van der Waals surface area contributed by atoms with E-state index in [9.17, 15) is 22.7 Å². The Bertz CT molecular complexity index is 1090. The van der Waals surface area contributed by atoms with Crippen molar-refractivity contribution in [3.8, 4) is 11.6 Å². The van der Waals surface area contributed by atoms with Crippen molar-refractivity contribution >= 4 is 15.7 Å². The van der Waals surface area contributed by atoms with Gasteiger partial charge < -0.3 is 5.11 Å². The summed E-state index contributed by atoms with van der Waals surface area (Å²) < 4.78 is 41.0. The van der Waals surface area contributed by atoms with Gasteiger partial charge in [0.05, 0.1) is 16.8 Å². The van der Waals surface area contributed by atoms with Crippen molar-refractivity contribution in [1.82, 2.24) is 14.8 Å². The van der Waals surface area contributed by atoms with Crippen molar-refractivity contribution in [2.24, 2.45) is 0 Å². The summed E-state index contributed by atoms with van der Waals surface area (Å²) in [5.41, 5.74) is 0.511. The zero-order chi connectivity index (χ0) is 18.2. The second-order valence-electron chi connectivity index (χ2n) is 5.24. The number of anilines is 1. The number of aromatic amines is 1. The first-order chi connectivity index (χ1) is 11.8. The molecule has 1 aromatic carbocycles. The average molecular weight is 364 g/mol. The number of H-pyrrole nitrogens is 1. The van der Waals surface area contributed by atoms with Crippen molar-refractivity contribution in [1.29, 1.82) is 0 Å². The summed E-state index contributed by atoms with van der Waals surface area (Å²) in [7, 11) is -4.03. The lowest BCUT2D eigenvalue weighted by atomic mass is 10.3. The van der Waals surface area contributed by atoms with E-state index in [4.69, 9.17) is 0 Å². The quantitative estimate of drug-likeness (QED) is 0.649. The second kappa shape index (κ2) is 6.06. The zero-order valence-corrected chi connectivity index (χ0v) is 13.7. The van der Waals surface area contributed by atoms with Crippen molar-refractivity contribution in [2.45, 2.75) is 11.8 Å². The molecule has 0 saturated heterocycles. The molecule has 25 heavy (non-hydrogen) atoms. The van der Waals surface area contributed by atoms with Gasteiger partial charge in [-0.05, 0) is 31.2 Å². The summed E-state index contributed by atoms with van der Waals surface area (Å²) in [5.74, 6) is -1.39. The van der Waals surface area contributed by atoms with E-state index >= 15 is 0 Å². The van der Waals surface area contributed by atoms with Crippen LogP contribution >= 0.6 is 0 Å². The minimum absolute atomic E-state index is 0.142. The number of phenols is 1. The van der Waals surface area contributed by atoms with Gasteiger partial charge in [-0.25, -0.2) is 22.5 Å². The lowest BCUT2D eigenvalue weighted by Crippen LogP contribution is -2.16. The summed E-state index contributed by atoms with van der Waals surface area (Å²) in [6.07, 6.45) is 1.23. The fourth-order valence-electron chi connectivity index (χ4n) is 2.14. The maximum atomic E-state index is 13.0. The number of benzene rings is 1. The number of phenolic OH excluding ortho intramolecular Hbond substituents is 1. The Balaban J connectivity index is 1.86. The van der Waals surface area contributed by atoms with E-state index in [1.54, 1.807) is 6.92 Å². The van der Waals surface area contributed by atoms with Gasteiger partial charge in [0.2, 0.25) is 0 Å². The number of rotatable bonds is 4. The van der Waals surface area contributed by atoms with Crippen LogP contribution in [0.15, 0.2) is 52.3 Å². The van der Waals surface area contributed by atoms with E-state index in [0.29, 0.717) is 11.5 Å². The molecule has 130 valence electrons. The Morgan fingerprint density at radius 1 is 1.24 bits per heavy atom. The summed E-state index contributed by atoms with van der Waals surface area (Å²) in [5, 5.41) is 12.1. The van der Waals surface area contributed by atoms with Gasteiger partial charge in [-0.2, -0.15) is 0 Å². The standard InChI is InChI=1S/C15H13FN4O4S/c1-9-6-15(22)20(18-9)14-5-2-10(8-17-14)19-25(23,24)11-3-4-12(16)13(21)7-11/h2-8,18-19,21H,1H3. The first-order valence-electron chi connectivity index (χ1n) is 7.03. The molecular formula is C15H13FN4O4S. The lowest BCUT2D eigenvalue weighted by Gasteiger charge is -2.09. The van der Waals surface area contributed by atoms with Gasteiger partial charge in [-0.15, -0.1) is 0 Å². The predicted octanol–water partition coefficient (Wildman–Crippen LogP) is 1.51. The van der Waals surface area contributed by atoms with Gasteiger partial charge in [0, 0.05) is 17.8 Å². The summed E-state index contributed by atoms with van der Waals surface area (Å²) in [6.45, 7) is 1.72. The smallest absolute Gasteiger partial charge is 0.272 e. The third-order valence-electron chi connectivity index (χ3n) is 3.31. The molecule has 2 heterocycles. The molecule has 0 bridgehead atoms. The number of nitrogens with one attached hydrogen (secondary N) is 2. The molecule has 0 aliphatic rings. The van der Waals surface area contributed by atoms with E-state index in [-0.39, 0.29) is 16.1 Å². The largest absolute Gasteiger partial charge is 0.505 e. The molecule has 0 atom stereocenters. The highest BCUT2D eigenvalue weighted by molar-refractivity contribution is 7.92. The highest BCUT2D eigenvalue weighted by Gasteiger charge is 2.17. The van der Waals surface area contributed by atoms with E-state index < -0.39 is 21.6 Å². The molecule has 0 unspecified atom stereocenters. The highest BCUT2D eigenvalue weighted by atomic mass is 32.2. The van der Waals surface area contributed by atoms with Crippen LogP contribution in [0.5, 0.6) is 5.75 Å². The van der Waals surface area contributed by atoms with Crippen LogP contribution in [0.2, 0.25) is 0 Å². The fraction of sp³-hybridized carbons (Fsp3) is 0.0667.